The Morgan fingerprint density at radius 1 is 0.960 bits per heavy atom. The Labute approximate surface area is 151 Å². The van der Waals surface area contributed by atoms with Crippen molar-refractivity contribution in [1.29, 1.82) is 0 Å². The molecule has 25 heavy (non-hydrogen) atoms. The van der Waals surface area contributed by atoms with E-state index < -0.39 is 5.41 Å². The normalized spacial score (nSPS) is 17.1. The summed E-state index contributed by atoms with van der Waals surface area (Å²) in [6.45, 7) is 6.27. The molecule has 130 valence electrons. The molecule has 2 aromatic rings. The van der Waals surface area contributed by atoms with Gasteiger partial charge in [0.05, 0.1) is 11.0 Å². The van der Waals surface area contributed by atoms with Crippen LogP contribution in [-0.2, 0) is 5.41 Å². The van der Waals surface area contributed by atoms with Crippen molar-refractivity contribution in [2.24, 2.45) is 4.99 Å². The first-order chi connectivity index (χ1) is 11.9. The number of carbonyl (C=O) groups is 1. The van der Waals surface area contributed by atoms with E-state index in [0.717, 1.165) is 42.4 Å². The second-order valence-corrected chi connectivity index (χ2v) is 8.00. The number of hydrogen-bond acceptors (Lipinski definition) is 2. The largest absolute Gasteiger partial charge is 0.293 e. The quantitative estimate of drug-likeness (QED) is 0.529. The Kier molecular flexibility index (Phi) is 4.89. The fraction of sp³-hybridized carbons (Fsp3) is 0.391. The summed E-state index contributed by atoms with van der Waals surface area (Å²) in [7, 11) is 0. The van der Waals surface area contributed by atoms with Gasteiger partial charge < -0.3 is 0 Å². The highest BCUT2D eigenvalue weighted by atomic mass is 16.1. The summed E-state index contributed by atoms with van der Waals surface area (Å²) in [5.74, 6) is 0.252. The molecule has 1 saturated carbocycles. The number of carbonyl (C=O) groups excluding carboxylic acids is 1. The van der Waals surface area contributed by atoms with E-state index in [4.69, 9.17) is 0 Å². The van der Waals surface area contributed by atoms with Gasteiger partial charge in [-0.15, -0.1) is 0 Å². The van der Waals surface area contributed by atoms with Gasteiger partial charge in [0.1, 0.15) is 0 Å². The maximum atomic E-state index is 13.5. The summed E-state index contributed by atoms with van der Waals surface area (Å²) in [4.78, 5) is 18.2. The molecule has 0 radical (unpaired) electrons. The van der Waals surface area contributed by atoms with E-state index in [1.807, 2.05) is 48.7 Å². The maximum Gasteiger partial charge on any atom is 0.173 e. The second kappa shape index (κ2) is 6.95. The fourth-order valence-corrected chi connectivity index (χ4v) is 3.77. The highest BCUT2D eigenvalue weighted by Crippen LogP contribution is 2.44. The summed E-state index contributed by atoms with van der Waals surface area (Å²) in [6, 6.07) is 18.0. The number of Topliss-reactive ketones (excluding diaryl/α,β-unsaturated/α-hetero) is 1. The Morgan fingerprint density at radius 2 is 1.56 bits per heavy atom. The van der Waals surface area contributed by atoms with Crippen molar-refractivity contribution in [3.63, 3.8) is 0 Å². The van der Waals surface area contributed by atoms with Crippen molar-refractivity contribution < 1.29 is 4.79 Å². The van der Waals surface area contributed by atoms with E-state index in [1.165, 1.54) is 0 Å². The van der Waals surface area contributed by atoms with Crippen molar-refractivity contribution in [2.75, 3.05) is 0 Å². The van der Waals surface area contributed by atoms with E-state index >= 15 is 0 Å². The minimum absolute atomic E-state index is 0.126. The van der Waals surface area contributed by atoms with Gasteiger partial charge >= 0.3 is 0 Å². The van der Waals surface area contributed by atoms with Crippen LogP contribution in [0.1, 0.15) is 67.9 Å². The van der Waals surface area contributed by atoms with Crippen molar-refractivity contribution in [3.8, 4) is 0 Å². The molecule has 2 nitrogen and oxygen atoms in total. The van der Waals surface area contributed by atoms with Crippen LogP contribution in [0.3, 0.4) is 0 Å². The fourth-order valence-electron chi connectivity index (χ4n) is 3.77. The molecule has 0 heterocycles. The number of aliphatic imine (C=N–C) groups is 1. The van der Waals surface area contributed by atoms with Crippen molar-refractivity contribution >= 4 is 12.0 Å². The third-order valence-electron chi connectivity index (χ3n) is 5.00. The molecule has 2 aromatic carbocycles. The molecule has 0 atom stereocenters. The molecule has 0 N–H and O–H groups in total. The Bertz CT molecular complexity index is 762. The first-order valence-corrected chi connectivity index (χ1v) is 9.17. The molecule has 0 aromatic heterocycles. The lowest BCUT2D eigenvalue weighted by Crippen LogP contribution is -2.34. The van der Waals surface area contributed by atoms with Gasteiger partial charge in [-0.05, 0) is 44.7 Å². The molecule has 0 spiro atoms. The van der Waals surface area contributed by atoms with Crippen LogP contribution in [0.15, 0.2) is 59.6 Å². The monoisotopic (exact) mass is 333 g/mol. The lowest BCUT2D eigenvalue weighted by molar-refractivity contribution is 0.0886. The topological polar surface area (TPSA) is 29.4 Å². The zero-order valence-electron chi connectivity index (χ0n) is 15.5. The highest BCUT2D eigenvalue weighted by Gasteiger charge is 2.43. The third-order valence-corrected chi connectivity index (χ3v) is 5.00. The highest BCUT2D eigenvalue weighted by molar-refractivity contribution is 6.05. The summed E-state index contributed by atoms with van der Waals surface area (Å²) >= 11 is 0. The van der Waals surface area contributed by atoms with E-state index in [2.05, 4.69) is 37.9 Å². The van der Waals surface area contributed by atoms with Crippen molar-refractivity contribution in [2.45, 2.75) is 57.4 Å². The number of nitrogens with zero attached hydrogens (tertiary/aromatic N) is 1. The molecule has 1 fully saturated rings. The third kappa shape index (κ3) is 3.73. The van der Waals surface area contributed by atoms with Gasteiger partial charge in [-0.1, -0.05) is 67.4 Å². The molecule has 0 saturated heterocycles. The van der Waals surface area contributed by atoms with Gasteiger partial charge in [-0.25, -0.2) is 0 Å². The lowest BCUT2D eigenvalue weighted by Gasteiger charge is -2.30. The second-order valence-electron chi connectivity index (χ2n) is 8.00. The van der Waals surface area contributed by atoms with Gasteiger partial charge in [-0.3, -0.25) is 9.79 Å². The van der Waals surface area contributed by atoms with Crippen LogP contribution in [0.2, 0.25) is 0 Å². The summed E-state index contributed by atoms with van der Waals surface area (Å²) < 4.78 is 0. The Balaban J connectivity index is 2.08. The summed E-state index contributed by atoms with van der Waals surface area (Å²) in [5.41, 5.74) is 2.48. The molecule has 0 unspecified atom stereocenters. The molecule has 1 aliphatic carbocycles. The van der Waals surface area contributed by atoms with Gasteiger partial charge in [0, 0.05) is 11.8 Å². The standard InChI is InChI=1S/C23H27NO/c1-22(2,3)24-17-19-13-7-8-14-20(19)23(15-9-10-16-23)21(25)18-11-5-4-6-12-18/h4-8,11-14,17H,9-10,15-16H2,1-3H3. The van der Waals surface area contributed by atoms with Crippen LogP contribution in [0, 0.1) is 0 Å². The van der Waals surface area contributed by atoms with Gasteiger partial charge in [0.15, 0.2) is 5.78 Å². The van der Waals surface area contributed by atoms with Crippen LogP contribution in [0.4, 0.5) is 0 Å². The number of ketones is 1. The number of hydrogen-bond donors (Lipinski definition) is 0. The smallest absolute Gasteiger partial charge is 0.173 e. The molecule has 1 aliphatic rings. The average Bonchev–Trinajstić information content (AvgIpc) is 3.10. The average molecular weight is 333 g/mol. The molecule has 3 rings (SSSR count). The van der Waals surface area contributed by atoms with Crippen LogP contribution < -0.4 is 0 Å². The summed E-state index contributed by atoms with van der Waals surface area (Å²) in [6.07, 6.45) is 5.99. The molecule has 0 amide bonds. The van der Waals surface area contributed by atoms with Crippen LogP contribution in [0.5, 0.6) is 0 Å². The predicted molar refractivity (Wildman–Crippen MR) is 105 cm³/mol. The maximum absolute atomic E-state index is 13.5. The Morgan fingerprint density at radius 3 is 2.20 bits per heavy atom. The molecular formula is C23H27NO. The van der Waals surface area contributed by atoms with Gasteiger partial charge in [0.2, 0.25) is 0 Å². The lowest BCUT2D eigenvalue weighted by atomic mass is 9.71. The van der Waals surface area contributed by atoms with E-state index in [0.29, 0.717) is 0 Å². The zero-order chi connectivity index (χ0) is 17.9. The molecular weight excluding hydrogens is 306 g/mol. The van der Waals surface area contributed by atoms with Gasteiger partial charge in [-0.2, -0.15) is 0 Å². The van der Waals surface area contributed by atoms with Crippen LogP contribution >= 0.6 is 0 Å². The Hall–Kier alpha value is -2.22. The first-order valence-electron chi connectivity index (χ1n) is 9.17. The minimum atomic E-state index is -0.415. The summed E-state index contributed by atoms with van der Waals surface area (Å²) in [5, 5.41) is 0. The van der Waals surface area contributed by atoms with Crippen LogP contribution in [0.25, 0.3) is 0 Å². The van der Waals surface area contributed by atoms with Crippen LogP contribution in [-0.4, -0.2) is 17.5 Å². The first kappa shape index (κ1) is 17.6. The SMILES string of the molecule is CC(C)(C)N=Cc1ccccc1C1(C(=O)c2ccccc2)CCCC1. The van der Waals surface area contributed by atoms with E-state index in [-0.39, 0.29) is 11.3 Å². The zero-order valence-corrected chi connectivity index (χ0v) is 15.5. The minimum Gasteiger partial charge on any atom is -0.293 e. The van der Waals surface area contributed by atoms with Gasteiger partial charge in [0.25, 0.3) is 0 Å². The molecule has 2 heteroatoms. The molecule has 0 aliphatic heterocycles. The number of rotatable bonds is 4. The van der Waals surface area contributed by atoms with Crippen molar-refractivity contribution in [1.82, 2.24) is 0 Å². The van der Waals surface area contributed by atoms with Crippen molar-refractivity contribution in [3.05, 3.63) is 71.3 Å². The number of benzene rings is 2. The molecule has 0 bridgehead atoms. The predicted octanol–water partition coefficient (Wildman–Crippen LogP) is 5.60. The van der Waals surface area contributed by atoms with E-state index in [1.54, 1.807) is 0 Å². The van der Waals surface area contributed by atoms with E-state index in [9.17, 15) is 4.79 Å².